The molecule has 0 bridgehead atoms. The fraction of sp³-hybridized carbons (Fsp3) is 0.706. The maximum atomic E-state index is 12.9. The van der Waals surface area contributed by atoms with Gasteiger partial charge in [-0.2, -0.15) is 5.10 Å². The van der Waals surface area contributed by atoms with Crippen molar-refractivity contribution in [3.05, 3.63) is 18.5 Å². The molecule has 0 radical (unpaired) electrons. The molecule has 132 valence electrons. The first kappa shape index (κ1) is 17.0. The number of likely N-dealkylation sites (tertiary alicyclic amines) is 1. The Hall–Kier alpha value is -1.89. The molecule has 1 aromatic rings. The first-order chi connectivity index (χ1) is 11.6. The van der Waals surface area contributed by atoms with E-state index >= 15 is 0 Å². The second-order valence-corrected chi connectivity index (χ2v) is 6.64. The van der Waals surface area contributed by atoms with Gasteiger partial charge in [-0.3, -0.25) is 14.3 Å². The zero-order valence-electron chi connectivity index (χ0n) is 14.3. The summed E-state index contributed by atoms with van der Waals surface area (Å²) in [6.07, 6.45) is 6.04. The average Bonchev–Trinajstić information content (AvgIpc) is 2.98. The van der Waals surface area contributed by atoms with Crippen molar-refractivity contribution in [2.45, 2.75) is 38.8 Å². The zero-order chi connectivity index (χ0) is 16.9. The summed E-state index contributed by atoms with van der Waals surface area (Å²) in [5, 5.41) is 4.22. The van der Waals surface area contributed by atoms with Crippen molar-refractivity contribution in [1.29, 1.82) is 0 Å². The molecule has 0 saturated carbocycles. The minimum atomic E-state index is -0.0198. The Balaban J connectivity index is 1.56. The Labute approximate surface area is 142 Å². The fourth-order valence-electron chi connectivity index (χ4n) is 3.52. The third-order valence-corrected chi connectivity index (χ3v) is 4.90. The largest absolute Gasteiger partial charge is 0.374 e. The second kappa shape index (κ2) is 7.79. The normalized spacial score (nSPS) is 23.1. The van der Waals surface area contributed by atoms with Gasteiger partial charge in [0.2, 0.25) is 11.8 Å². The summed E-state index contributed by atoms with van der Waals surface area (Å²) in [6, 6.07) is 1.89. The van der Waals surface area contributed by atoms with Crippen LogP contribution in [-0.4, -0.2) is 70.3 Å². The van der Waals surface area contributed by atoms with Crippen LogP contribution in [0.15, 0.2) is 18.5 Å². The molecule has 3 rings (SSSR count). The number of carbonyl (C=O) groups is 2. The lowest BCUT2D eigenvalue weighted by Gasteiger charge is -2.34. The van der Waals surface area contributed by atoms with E-state index < -0.39 is 0 Å². The van der Waals surface area contributed by atoms with Crippen molar-refractivity contribution in [1.82, 2.24) is 19.6 Å². The van der Waals surface area contributed by atoms with Gasteiger partial charge in [0.15, 0.2) is 0 Å². The van der Waals surface area contributed by atoms with Crippen LogP contribution in [0.1, 0.15) is 26.2 Å². The Kier molecular flexibility index (Phi) is 5.50. The van der Waals surface area contributed by atoms with Gasteiger partial charge < -0.3 is 14.5 Å². The summed E-state index contributed by atoms with van der Waals surface area (Å²) in [6.45, 7) is 5.68. The molecule has 1 atom stereocenters. The molecule has 2 saturated heterocycles. The van der Waals surface area contributed by atoms with E-state index in [0.29, 0.717) is 32.8 Å². The number of piperidine rings is 1. The van der Waals surface area contributed by atoms with E-state index in [9.17, 15) is 9.59 Å². The van der Waals surface area contributed by atoms with Crippen LogP contribution in [0.2, 0.25) is 0 Å². The Morgan fingerprint density at radius 3 is 2.67 bits per heavy atom. The number of ether oxygens (including phenoxy) is 1. The van der Waals surface area contributed by atoms with Crippen molar-refractivity contribution in [2.75, 3.05) is 32.8 Å². The van der Waals surface area contributed by atoms with Crippen LogP contribution >= 0.6 is 0 Å². The predicted octanol–water partition coefficient (Wildman–Crippen LogP) is 0.759. The first-order valence-electron chi connectivity index (χ1n) is 8.77. The molecule has 0 unspecified atom stereocenters. The van der Waals surface area contributed by atoms with Gasteiger partial charge in [0.1, 0.15) is 0 Å². The smallest absolute Gasteiger partial charge is 0.225 e. The molecule has 3 heterocycles. The molecule has 1 aromatic heterocycles. The summed E-state index contributed by atoms with van der Waals surface area (Å²) >= 11 is 0. The summed E-state index contributed by atoms with van der Waals surface area (Å²) in [7, 11) is 0. The number of rotatable bonds is 3. The maximum absolute atomic E-state index is 12.9. The van der Waals surface area contributed by atoms with Crippen LogP contribution in [0.25, 0.3) is 0 Å². The van der Waals surface area contributed by atoms with Crippen molar-refractivity contribution < 1.29 is 14.3 Å². The van der Waals surface area contributed by atoms with Gasteiger partial charge in [0.05, 0.1) is 12.6 Å². The number of hydrogen-bond acceptors (Lipinski definition) is 4. The molecule has 0 aliphatic carbocycles. The third kappa shape index (κ3) is 4.14. The molecular weight excluding hydrogens is 308 g/mol. The quantitative estimate of drug-likeness (QED) is 0.818. The molecule has 0 spiro atoms. The van der Waals surface area contributed by atoms with Gasteiger partial charge in [0.25, 0.3) is 0 Å². The van der Waals surface area contributed by atoms with Crippen molar-refractivity contribution >= 4 is 11.8 Å². The van der Waals surface area contributed by atoms with Gasteiger partial charge in [-0.15, -0.1) is 0 Å². The molecule has 0 N–H and O–H groups in total. The topological polar surface area (TPSA) is 67.7 Å². The summed E-state index contributed by atoms with van der Waals surface area (Å²) < 4.78 is 7.74. The standard InChI is InChI=1S/C17H26N4O3/c1-14(22)19-9-4-15(5-10-19)17(23)20-7-3-11-24-16(12-20)13-21-8-2-6-18-21/h2,6,8,15-16H,3-5,7,9-13H2,1H3/t16-/m0/s1. The van der Waals surface area contributed by atoms with E-state index in [4.69, 9.17) is 4.74 Å². The van der Waals surface area contributed by atoms with E-state index in [0.717, 1.165) is 25.8 Å². The Morgan fingerprint density at radius 2 is 2.00 bits per heavy atom. The maximum Gasteiger partial charge on any atom is 0.225 e. The van der Waals surface area contributed by atoms with Crippen LogP contribution in [0.3, 0.4) is 0 Å². The number of hydrogen-bond donors (Lipinski definition) is 0. The third-order valence-electron chi connectivity index (χ3n) is 4.90. The molecule has 24 heavy (non-hydrogen) atoms. The second-order valence-electron chi connectivity index (χ2n) is 6.64. The number of amides is 2. The van der Waals surface area contributed by atoms with Crippen LogP contribution in [0, 0.1) is 5.92 Å². The van der Waals surface area contributed by atoms with E-state index in [1.165, 1.54) is 0 Å². The van der Waals surface area contributed by atoms with Gasteiger partial charge in [0, 0.05) is 58.0 Å². The highest BCUT2D eigenvalue weighted by molar-refractivity contribution is 5.79. The minimum Gasteiger partial charge on any atom is -0.374 e. The lowest BCUT2D eigenvalue weighted by Crippen LogP contribution is -2.46. The number of nitrogens with zero attached hydrogens (tertiary/aromatic N) is 4. The van der Waals surface area contributed by atoms with Gasteiger partial charge in [-0.05, 0) is 25.3 Å². The Bertz CT molecular complexity index is 552. The molecule has 7 heteroatoms. The highest BCUT2D eigenvalue weighted by Gasteiger charge is 2.31. The molecular formula is C17H26N4O3. The van der Waals surface area contributed by atoms with Gasteiger partial charge in [-0.1, -0.05) is 0 Å². The van der Waals surface area contributed by atoms with Crippen molar-refractivity contribution in [3.63, 3.8) is 0 Å². The molecule has 2 fully saturated rings. The van der Waals surface area contributed by atoms with Crippen molar-refractivity contribution in [2.24, 2.45) is 5.92 Å². The van der Waals surface area contributed by atoms with Crippen LogP contribution < -0.4 is 0 Å². The van der Waals surface area contributed by atoms with E-state index in [1.54, 1.807) is 13.1 Å². The monoisotopic (exact) mass is 334 g/mol. The fourth-order valence-corrected chi connectivity index (χ4v) is 3.52. The van der Waals surface area contributed by atoms with E-state index in [1.807, 2.05) is 26.7 Å². The van der Waals surface area contributed by atoms with Crippen LogP contribution in [-0.2, 0) is 20.9 Å². The lowest BCUT2D eigenvalue weighted by molar-refractivity contribution is -0.140. The highest BCUT2D eigenvalue weighted by Crippen LogP contribution is 2.21. The Morgan fingerprint density at radius 1 is 1.21 bits per heavy atom. The minimum absolute atomic E-state index is 0.0198. The molecule has 2 amide bonds. The zero-order valence-corrected chi connectivity index (χ0v) is 14.3. The lowest BCUT2D eigenvalue weighted by atomic mass is 9.95. The molecule has 2 aliphatic rings. The van der Waals surface area contributed by atoms with Crippen LogP contribution in [0.4, 0.5) is 0 Å². The van der Waals surface area contributed by atoms with Crippen LogP contribution in [0.5, 0.6) is 0 Å². The summed E-state index contributed by atoms with van der Waals surface area (Å²) in [5.74, 6) is 0.349. The predicted molar refractivity (Wildman–Crippen MR) is 88.1 cm³/mol. The van der Waals surface area contributed by atoms with Crippen molar-refractivity contribution in [3.8, 4) is 0 Å². The van der Waals surface area contributed by atoms with E-state index in [-0.39, 0.29) is 23.8 Å². The average molecular weight is 334 g/mol. The van der Waals surface area contributed by atoms with Gasteiger partial charge >= 0.3 is 0 Å². The first-order valence-corrected chi connectivity index (χ1v) is 8.77. The molecule has 0 aromatic carbocycles. The number of aromatic nitrogens is 2. The summed E-state index contributed by atoms with van der Waals surface area (Å²) in [4.78, 5) is 28.1. The SMILES string of the molecule is CC(=O)N1CCC(C(=O)N2CCCO[C@H](Cn3cccn3)C2)CC1. The summed E-state index contributed by atoms with van der Waals surface area (Å²) in [5.41, 5.74) is 0. The van der Waals surface area contributed by atoms with E-state index in [2.05, 4.69) is 5.10 Å². The molecule has 2 aliphatic heterocycles. The number of carbonyl (C=O) groups excluding carboxylic acids is 2. The van der Waals surface area contributed by atoms with Gasteiger partial charge in [-0.25, -0.2) is 0 Å². The highest BCUT2D eigenvalue weighted by atomic mass is 16.5. The molecule has 7 nitrogen and oxygen atoms in total.